The van der Waals surface area contributed by atoms with Gasteiger partial charge in [0.1, 0.15) is 16.4 Å². The number of rotatable bonds is 6. The van der Waals surface area contributed by atoms with Gasteiger partial charge in [-0.1, -0.05) is 0 Å². The van der Waals surface area contributed by atoms with Crippen molar-refractivity contribution >= 4 is 21.6 Å². The number of nitrogens with one attached hydrogen (secondary N) is 2. The summed E-state index contributed by atoms with van der Waals surface area (Å²) in [6, 6.07) is 3.15. The Bertz CT molecular complexity index is 1040. The van der Waals surface area contributed by atoms with Crippen molar-refractivity contribution in [1.82, 2.24) is 9.29 Å². The van der Waals surface area contributed by atoms with Crippen LogP contribution >= 0.6 is 0 Å². The van der Waals surface area contributed by atoms with Crippen molar-refractivity contribution in [3.05, 3.63) is 47.5 Å². The number of nitrogens with zero attached hydrogens (tertiary/aromatic N) is 1. The van der Waals surface area contributed by atoms with Gasteiger partial charge in [0, 0.05) is 32.1 Å². The quantitative estimate of drug-likeness (QED) is 0.664. The molecule has 0 spiro atoms. The fourth-order valence-corrected chi connectivity index (χ4v) is 4.16. The highest BCUT2D eigenvalue weighted by molar-refractivity contribution is 7.89. The Morgan fingerprint density at radius 1 is 1.30 bits per heavy atom. The zero-order valence-electron chi connectivity index (χ0n) is 15.8. The van der Waals surface area contributed by atoms with Gasteiger partial charge in [0.15, 0.2) is 0 Å². The van der Waals surface area contributed by atoms with Crippen molar-refractivity contribution in [2.75, 3.05) is 25.1 Å². The second-order valence-corrected chi connectivity index (χ2v) is 8.67. The maximum atomic E-state index is 13.4. The van der Waals surface area contributed by atoms with Crippen LogP contribution in [0.25, 0.3) is 0 Å². The summed E-state index contributed by atoms with van der Waals surface area (Å²) in [5, 5.41) is 2.22. The molecule has 1 unspecified atom stereocenters. The summed E-state index contributed by atoms with van der Waals surface area (Å²) in [6.07, 6.45) is -2.97. The second kappa shape index (κ2) is 8.36. The molecule has 12 heteroatoms. The number of benzene rings is 1. The molecule has 7 nitrogen and oxygen atoms in total. The van der Waals surface area contributed by atoms with Gasteiger partial charge in [-0.25, -0.2) is 17.5 Å². The SMILES string of the molecule is Cn1cc(S(=O)(=O)NCC2CCOC2)cc1C(=O)Nc1ccc(F)c(C(F)(F)F)c1. The van der Waals surface area contributed by atoms with E-state index in [0.717, 1.165) is 18.6 Å². The number of halogens is 4. The van der Waals surface area contributed by atoms with Crippen LogP contribution in [0.5, 0.6) is 0 Å². The van der Waals surface area contributed by atoms with Crippen LogP contribution in [0.15, 0.2) is 35.4 Å². The first-order valence-electron chi connectivity index (χ1n) is 8.89. The van der Waals surface area contributed by atoms with Gasteiger partial charge in [-0.05, 0) is 36.6 Å². The molecule has 164 valence electrons. The number of carbonyl (C=O) groups excluding carboxylic acids is 1. The van der Waals surface area contributed by atoms with Gasteiger partial charge in [0.2, 0.25) is 10.0 Å². The molecule has 30 heavy (non-hydrogen) atoms. The molecular formula is C18H19F4N3O4S. The molecule has 0 saturated carbocycles. The van der Waals surface area contributed by atoms with Gasteiger partial charge in [0.25, 0.3) is 5.91 Å². The molecule has 2 N–H and O–H groups in total. The number of ether oxygens (including phenoxy) is 1. The van der Waals surface area contributed by atoms with Gasteiger partial charge in [-0.2, -0.15) is 13.2 Å². The number of hydrogen-bond acceptors (Lipinski definition) is 4. The largest absolute Gasteiger partial charge is 0.419 e. The summed E-state index contributed by atoms with van der Waals surface area (Å²) >= 11 is 0. The molecule has 1 amide bonds. The van der Waals surface area contributed by atoms with Crippen molar-refractivity contribution in [3.63, 3.8) is 0 Å². The van der Waals surface area contributed by atoms with Crippen LogP contribution in [0, 0.1) is 11.7 Å². The van der Waals surface area contributed by atoms with E-state index in [4.69, 9.17) is 4.74 Å². The standard InChI is InChI=1S/C18H19F4N3O4S/c1-25-9-13(30(27,28)23-8-11-4-5-29-10-11)7-16(25)17(26)24-12-2-3-15(19)14(6-12)18(20,21)22/h2-3,6-7,9,11,23H,4-5,8,10H2,1H3,(H,24,26). The van der Waals surface area contributed by atoms with Gasteiger partial charge >= 0.3 is 6.18 Å². The monoisotopic (exact) mass is 449 g/mol. The third kappa shape index (κ3) is 4.99. The van der Waals surface area contributed by atoms with Gasteiger partial charge in [0.05, 0.1) is 12.2 Å². The van der Waals surface area contributed by atoms with Crippen LogP contribution in [0.3, 0.4) is 0 Å². The topological polar surface area (TPSA) is 89.4 Å². The molecule has 1 aliphatic heterocycles. The molecule has 0 bridgehead atoms. The highest BCUT2D eigenvalue weighted by atomic mass is 32.2. The number of hydrogen-bond donors (Lipinski definition) is 2. The Morgan fingerprint density at radius 3 is 2.67 bits per heavy atom. The van der Waals surface area contributed by atoms with E-state index in [-0.39, 0.29) is 28.7 Å². The van der Waals surface area contributed by atoms with E-state index in [1.165, 1.54) is 17.8 Å². The molecule has 1 aromatic carbocycles. The lowest BCUT2D eigenvalue weighted by Gasteiger charge is -2.11. The van der Waals surface area contributed by atoms with E-state index in [2.05, 4.69) is 10.0 Å². The van der Waals surface area contributed by atoms with E-state index in [0.29, 0.717) is 25.3 Å². The van der Waals surface area contributed by atoms with Crippen LogP contribution in [-0.4, -0.2) is 38.7 Å². The van der Waals surface area contributed by atoms with E-state index in [1.807, 2.05) is 0 Å². The van der Waals surface area contributed by atoms with E-state index < -0.39 is 33.5 Å². The molecule has 2 heterocycles. The molecule has 3 rings (SSSR count). The highest BCUT2D eigenvalue weighted by Gasteiger charge is 2.34. The Kier molecular flexibility index (Phi) is 6.20. The van der Waals surface area contributed by atoms with E-state index in [9.17, 15) is 30.8 Å². The summed E-state index contributed by atoms with van der Waals surface area (Å²) in [5.74, 6) is -2.25. The fraction of sp³-hybridized carbons (Fsp3) is 0.389. The molecule has 1 atom stereocenters. The first-order valence-corrected chi connectivity index (χ1v) is 10.4. The van der Waals surface area contributed by atoms with Crippen LogP contribution < -0.4 is 10.0 Å². The lowest BCUT2D eigenvalue weighted by molar-refractivity contribution is -0.139. The molecule has 1 fully saturated rings. The molecule has 0 aliphatic carbocycles. The summed E-state index contributed by atoms with van der Waals surface area (Å²) in [7, 11) is -2.47. The lowest BCUT2D eigenvalue weighted by atomic mass is 10.1. The zero-order valence-corrected chi connectivity index (χ0v) is 16.6. The third-order valence-corrected chi connectivity index (χ3v) is 6.03. The molecule has 1 aliphatic rings. The Morgan fingerprint density at radius 2 is 2.03 bits per heavy atom. The number of alkyl halides is 3. The summed E-state index contributed by atoms with van der Waals surface area (Å²) in [4.78, 5) is 12.3. The predicted molar refractivity (Wildman–Crippen MR) is 98.9 cm³/mol. The second-order valence-electron chi connectivity index (χ2n) is 6.90. The predicted octanol–water partition coefficient (Wildman–Crippen LogP) is 2.75. The highest BCUT2D eigenvalue weighted by Crippen LogP contribution is 2.33. The average Bonchev–Trinajstić information content (AvgIpc) is 3.30. The van der Waals surface area contributed by atoms with Crippen molar-refractivity contribution in [3.8, 4) is 0 Å². The van der Waals surface area contributed by atoms with Crippen molar-refractivity contribution < 1.29 is 35.5 Å². The first-order chi connectivity index (χ1) is 14.0. The Labute approximate surface area is 170 Å². The maximum absolute atomic E-state index is 13.4. The van der Waals surface area contributed by atoms with Crippen molar-refractivity contribution in [2.24, 2.45) is 13.0 Å². The fourth-order valence-electron chi connectivity index (χ4n) is 2.98. The number of carbonyl (C=O) groups is 1. The number of sulfonamides is 1. The van der Waals surface area contributed by atoms with Crippen molar-refractivity contribution in [2.45, 2.75) is 17.5 Å². The maximum Gasteiger partial charge on any atom is 0.419 e. The van der Waals surface area contributed by atoms with Gasteiger partial charge < -0.3 is 14.6 Å². The number of amides is 1. The third-order valence-electron chi connectivity index (χ3n) is 4.64. The van der Waals surface area contributed by atoms with Crippen LogP contribution in [0.2, 0.25) is 0 Å². The van der Waals surface area contributed by atoms with Crippen LogP contribution in [0.1, 0.15) is 22.5 Å². The zero-order chi connectivity index (χ0) is 22.1. The minimum absolute atomic E-state index is 0.0626. The molecule has 1 aromatic heterocycles. The first kappa shape index (κ1) is 22.2. The summed E-state index contributed by atoms with van der Waals surface area (Å²) in [6.45, 7) is 1.22. The smallest absolute Gasteiger partial charge is 0.381 e. The summed E-state index contributed by atoms with van der Waals surface area (Å²) < 4.78 is 85.7. The molecule has 0 radical (unpaired) electrons. The Balaban J connectivity index is 1.75. The van der Waals surface area contributed by atoms with Crippen molar-refractivity contribution in [1.29, 1.82) is 0 Å². The minimum Gasteiger partial charge on any atom is -0.381 e. The number of anilines is 1. The van der Waals surface area contributed by atoms with Crippen LogP contribution in [0.4, 0.5) is 23.2 Å². The van der Waals surface area contributed by atoms with E-state index >= 15 is 0 Å². The van der Waals surface area contributed by atoms with Gasteiger partial charge in [-0.3, -0.25) is 4.79 Å². The number of aromatic nitrogens is 1. The lowest BCUT2D eigenvalue weighted by Crippen LogP contribution is -2.29. The summed E-state index contributed by atoms with van der Waals surface area (Å²) in [5.41, 5.74) is -1.90. The normalized spacial score (nSPS) is 17.3. The average molecular weight is 449 g/mol. The Hall–Kier alpha value is -2.44. The molecular weight excluding hydrogens is 430 g/mol. The molecule has 2 aromatic rings. The van der Waals surface area contributed by atoms with E-state index in [1.54, 1.807) is 0 Å². The van der Waals surface area contributed by atoms with Gasteiger partial charge in [-0.15, -0.1) is 0 Å². The number of aryl methyl sites for hydroxylation is 1. The minimum atomic E-state index is -4.92. The molecule has 1 saturated heterocycles. The van der Waals surface area contributed by atoms with Crippen LogP contribution in [-0.2, 0) is 28.0 Å².